The second kappa shape index (κ2) is 7.24. The van der Waals surface area contributed by atoms with Crippen LogP contribution >= 0.6 is 0 Å². The molecule has 2 aliphatic heterocycles. The predicted molar refractivity (Wildman–Crippen MR) is 121 cm³/mol. The van der Waals surface area contributed by atoms with Crippen molar-refractivity contribution in [1.82, 2.24) is 14.9 Å². The lowest BCUT2D eigenvalue weighted by Crippen LogP contribution is -2.41. The molecule has 1 aromatic heterocycles. The zero-order chi connectivity index (χ0) is 22.8. The van der Waals surface area contributed by atoms with Gasteiger partial charge in [-0.3, -0.25) is 4.90 Å². The second-order valence-electron chi connectivity index (χ2n) is 11.0. The first kappa shape index (κ1) is 22.2. The van der Waals surface area contributed by atoms with Gasteiger partial charge in [-0.15, -0.1) is 0 Å². The monoisotopic (exact) mass is 427 g/mol. The van der Waals surface area contributed by atoms with Crippen LogP contribution in [0.5, 0.6) is 0 Å². The van der Waals surface area contributed by atoms with Crippen molar-refractivity contribution in [3.05, 3.63) is 24.0 Å². The Morgan fingerprint density at radius 3 is 2.48 bits per heavy atom. The first-order chi connectivity index (χ1) is 14.3. The number of hydrogen-bond donors (Lipinski definition) is 1. The molecular weight excluding hydrogens is 393 g/mol. The van der Waals surface area contributed by atoms with Gasteiger partial charge in [-0.25, -0.2) is 9.78 Å². The van der Waals surface area contributed by atoms with Crippen molar-refractivity contribution >= 4 is 29.7 Å². The largest absolute Gasteiger partial charge is 0.494 e. The number of amides is 1. The standard InChI is InChI=1S/C23H34BN3O4/c1-14-11-18(27(13-14)20(28)29-21(2,3)4)19-25-16-10-9-15(12-17(16)26-19)24-30-22(5,6)23(7,8)31-24/h9-10,12,14,18H,11,13H2,1-8H3,(H,25,26)/t14-,18+/m1/s1. The van der Waals surface area contributed by atoms with E-state index in [4.69, 9.17) is 19.0 Å². The number of aromatic amines is 1. The number of carbonyl (C=O) groups excluding carboxylic acids is 1. The number of rotatable bonds is 2. The Labute approximate surface area is 185 Å². The fraction of sp³-hybridized carbons (Fsp3) is 0.652. The van der Waals surface area contributed by atoms with Crippen LogP contribution in [0.1, 0.15) is 73.7 Å². The minimum Gasteiger partial charge on any atom is -0.444 e. The van der Waals surface area contributed by atoms with Crippen LogP contribution in [0.2, 0.25) is 0 Å². The van der Waals surface area contributed by atoms with E-state index in [1.165, 1.54) is 0 Å². The number of benzene rings is 1. The van der Waals surface area contributed by atoms with E-state index in [0.29, 0.717) is 12.5 Å². The van der Waals surface area contributed by atoms with Gasteiger partial charge >= 0.3 is 13.2 Å². The first-order valence-electron chi connectivity index (χ1n) is 11.1. The molecule has 2 fully saturated rings. The van der Waals surface area contributed by atoms with E-state index >= 15 is 0 Å². The van der Waals surface area contributed by atoms with E-state index in [-0.39, 0.29) is 23.3 Å². The predicted octanol–water partition coefficient (Wildman–Crippen LogP) is 4.18. The van der Waals surface area contributed by atoms with Crippen LogP contribution in [-0.2, 0) is 14.0 Å². The normalized spacial score (nSPS) is 25.4. The number of imidazole rings is 1. The summed E-state index contributed by atoms with van der Waals surface area (Å²) >= 11 is 0. The molecule has 0 aliphatic carbocycles. The maximum Gasteiger partial charge on any atom is 0.494 e. The van der Waals surface area contributed by atoms with Gasteiger partial charge in [0.05, 0.1) is 28.3 Å². The number of aromatic nitrogens is 2. The molecule has 168 valence electrons. The van der Waals surface area contributed by atoms with Crippen LogP contribution in [0.3, 0.4) is 0 Å². The van der Waals surface area contributed by atoms with E-state index in [1.807, 2.05) is 66.7 Å². The van der Waals surface area contributed by atoms with Gasteiger partial charge in [-0.2, -0.15) is 0 Å². The molecule has 2 saturated heterocycles. The topological polar surface area (TPSA) is 76.7 Å². The summed E-state index contributed by atoms with van der Waals surface area (Å²) in [5.74, 6) is 1.17. The number of hydrogen-bond acceptors (Lipinski definition) is 5. The average Bonchev–Trinajstić information content (AvgIpc) is 3.26. The van der Waals surface area contributed by atoms with Crippen LogP contribution in [0.4, 0.5) is 4.79 Å². The lowest BCUT2D eigenvalue weighted by Gasteiger charge is -2.32. The number of carbonyl (C=O) groups is 1. The highest BCUT2D eigenvalue weighted by molar-refractivity contribution is 6.62. The van der Waals surface area contributed by atoms with E-state index in [0.717, 1.165) is 28.7 Å². The van der Waals surface area contributed by atoms with Gasteiger partial charge in [-0.05, 0) is 78.4 Å². The first-order valence-corrected chi connectivity index (χ1v) is 11.1. The second-order valence-corrected chi connectivity index (χ2v) is 11.0. The molecule has 2 atom stereocenters. The molecule has 3 heterocycles. The van der Waals surface area contributed by atoms with Crippen molar-refractivity contribution in [2.45, 2.75) is 84.7 Å². The van der Waals surface area contributed by atoms with Gasteiger partial charge in [-0.1, -0.05) is 13.0 Å². The summed E-state index contributed by atoms with van der Waals surface area (Å²) in [4.78, 5) is 22.8. The minimum absolute atomic E-state index is 0.127. The summed E-state index contributed by atoms with van der Waals surface area (Å²) in [6.07, 6.45) is 0.559. The molecule has 0 spiro atoms. The molecule has 8 heteroatoms. The Balaban J connectivity index is 1.60. The van der Waals surface area contributed by atoms with Crippen molar-refractivity contribution in [2.75, 3.05) is 6.54 Å². The minimum atomic E-state index is -0.529. The summed E-state index contributed by atoms with van der Waals surface area (Å²) in [5.41, 5.74) is 1.41. The molecule has 2 aromatic rings. The van der Waals surface area contributed by atoms with Crippen LogP contribution in [0.25, 0.3) is 11.0 Å². The summed E-state index contributed by atoms with van der Waals surface area (Å²) in [6.45, 7) is 16.7. The highest BCUT2D eigenvalue weighted by atomic mass is 16.7. The summed E-state index contributed by atoms with van der Waals surface area (Å²) in [7, 11) is -0.425. The molecule has 2 aliphatic rings. The Kier molecular flexibility index (Phi) is 5.17. The van der Waals surface area contributed by atoms with Crippen molar-refractivity contribution in [2.24, 2.45) is 5.92 Å². The third kappa shape index (κ3) is 4.20. The molecular formula is C23H34BN3O4. The Hall–Kier alpha value is -2.06. The molecule has 1 amide bonds. The van der Waals surface area contributed by atoms with Crippen molar-refractivity contribution in [3.63, 3.8) is 0 Å². The zero-order valence-corrected chi connectivity index (χ0v) is 19.9. The van der Waals surface area contributed by atoms with Crippen molar-refractivity contribution in [3.8, 4) is 0 Å². The van der Waals surface area contributed by atoms with Gasteiger partial charge in [0, 0.05) is 6.54 Å². The smallest absolute Gasteiger partial charge is 0.444 e. The summed E-state index contributed by atoms with van der Waals surface area (Å²) < 4.78 is 18.0. The van der Waals surface area contributed by atoms with Crippen LogP contribution in [0, 0.1) is 5.92 Å². The van der Waals surface area contributed by atoms with E-state index < -0.39 is 12.7 Å². The quantitative estimate of drug-likeness (QED) is 0.728. The lowest BCUT2D eigenvalue weighted by molar-refractivity contribution is 0.00578. The van der Waals surface area contributed by atoms with Crippen LogP contribution in [0.15, 0.2) is 18.2 Å². The number of ether oxygens (including phenoxy) is 1. The Morgan fingerprint density at radius 2 is 1.87 bits per heavy atom. The van der Waals surface area contributed by atoms with E-state index in [2.05, 4.69) is 11.9 Å². The fourth-order valence-electron chi connectivity index (χ4n) is 4.16. The molecule has 1 N–H and O–H groups in total. The molecule has 1 aromatic carbocycles. The average molecular weight is 427 g/mol. The maximum absolute atomic E-state index is 12.8. The molecule has 7 nitrogen and oxygen atoms in total. The van der Waals surface area contributed by atoms with Crippen LogP contribution in [-0.4, -0.2) is 51.4 Å². The zero-order valence-electron chi connectivity index (χ0n) is 19.9. The van der Waals surface area contributed by atoms with Crippen molar-refractivity contribution in [1.29, 1.82) is 0 Å². The van der Waals surface area contributed by atoms with E-state index in [1.54, 1.807) is 4.90 Å². The summed E-state index contributed by atoms with van der Waals surface area (Å²) in [5, 5.41) is 0. The Morgan fingerprint density at radius 1 is 1.23 bits per heavy atom. The highest BCUT2D eigenvalue weighted by Gasteiger charge is 2.51. The summed E-state index contributed by atoms with van der Waals surface area (Å²) in [6, 6.07) is 5.88. The third-order valence-corrected chi connectivity index (χ3v) is 6.50. The van der Waals surface area contributed by atoms with Gasteiger partial charge < -0.3 is 19.0 Å². The SMILES string of the molecule is C[C@@H]1C[C@@H](c2nc3ccc(B4OC(C)(C)C(C)(C)O4)cc3[nH]2)N(C(=O)OC(C)(C)C)C1. The molecule has 31 heavy (non-hydrogen) atoms. The Bertz CT molecular complexity index is 978. The molecule has 0 unspecified atom stereocenters. The van der Waals surface area contributed by atoms with Gasteiger partial charge in [0.25, 0.3) is 0 Å². The maximum atomic E-state index is 12.8. The fourth-order valence-corrected chi connectivity index (χ4v) is 4.16. The molecule has 0 bridgehead atoms. The molecule has 4 rings (SSSR count). The van der Waals surface area contributed by atoms with E-state index in [9.17, 15) is 4.79 Å². The number of likely N-dealkylation sites (tertiary alicyclic amines) is 1. The van der Waals surface area contributed by atoms with Gasteiger partial charge in [0.15, 0.2) is 0 Å². The number of nitrogens with zero attached hydrogens (tertiary/aromatic N) is 2. The van der Waals surface area contributed by atoms with Crippen molar-refractivity contribution < 1.29 is 18.8 Å². The van der Waals surface area contributed by atoms with Gasteiger partial charge in [0.1, 0.15) is 11.4 Å². The molecule has 0 radical (unpaired) electrons. The number of nitrogens with one attached hydrogen (secondary N) is 1. The highest BCUT2D eigenvalue weighted by Crippen LogP contribution is 2.37. The van der Waals surface area contributed by atoms with Gasteiger partial charge in [0.2, 0.25) is 0 Å². The molecule has 0 saturated carbocycles. The lowest BCUT2D eigenvalue weighted by atomic mass is 9.79. The number of H-pyrrole nitrogens is 1. The third-order valence-electron chi connectivity index (χ3n) is 6.50. The number of fused-ring (bicyclic) bond motifs is 1. The van der Waals surface area contributed by atoms with Crippen LogP contribution < -0.4 is 5.46 Å².